The molecule has 0 fully saturated rings. The summed E-state index contributed by atoms with van der Waals surface area (Å²) in [5.41, 5.74) is 0. The molecule has 0 aromatic carbocycles. The number of hydrogen-bond acceptors (Lipinski definition) is 3. The Labute approximate surface area is 164 Å². The maximum atomic E-state index is 8.60. The van der Waals surface area contributed by atoms with Gasteiger partial charge in [-0.1, -0.05) is 0 Å². The summed E-state index contributed by atoms with van der Waals surface area (Å²) in [6.07, 6.45) is 0. The minimum absolute atomic E-state index is 0. The van der Waals surface area contributed by atoms with Crippen LogP contribution in [-0.2, 0) is 25.3 Å². The van der Waals surface area contributed by atoms with Crippen LogP contribution in [0.25, 0.3) is 0 Å². The molecule has 12 heavy (non-hydrogen) atoms. The summed E-state index contributed by atoms with van der Waals surface area (Å²) < 4.78 is 25.8. The van der Waals surface area contributed by atoms with Crippen LogP contribution in [0.5, 0.6) is 0 Å². The van der Waals surface area contributed by atoms with Gasteiger partial charge >= 0.3 is 80.3 Å². The van der Waals surface area contributed by atoms with Crippen molar-refractivity contribution in [1.82, 2.24) is 0 Å². The predicted octanol–water partition coefficient (Wildman–Crippen LogP) is -1.47. The molecule has 0 rings (SSSR count). The van der Waals surface area contributed by atoms with Crippen molar-refractivity contribution in [3.05, 3.63) is 0 Å². The molecule has 0 aliphatic rings. The molecule has 0 spiro atoms. The van der Waals surface area contributed by atoms with Crippen LogP contribution < -0.4 is 55.0 Å². The van der Waals surface area contributed by atoms with Gasteiger partial charge < -0.3 is 0 Å². The first kappa shape index (κ1) is 73.7. The Morgan fingerprint density at radius 3 is 0.667 bits per heavy atom. The third-order valence-electron chi connectivity index (χ3n) is 0. The molecule has 0 aliphatic heterocycles. The summed E-state index contributed by atoms with van der Waals surface area (Å²) in [5, 5.41) is 0. The molecular weight excluding hydrogens is 428 g/mol. The summed E-state index contributed by atoms with van der Waals surface area (Å²) >= 11 is -4.20. The molecule has 0 aromatic rings. The van der Waals surface area contributed by atoms with Gasteiger partial charge in [0.1, 0.15) is 0 Å². The minimum atomic E-state index is -4.20. The second-order valence-electron chi connectivity index (χ2n) is 0.224. The van der Waals surface area contributed by atoms with E-state index in [4.69, 9.17) is 10.1 Å². The van der Waals surface area contributed by atoms with Gasteiger partial charge in [0, 0.05) is 0 Å². The van der Waals surface area contributed by atoms with Gasteiger partial charge in [-0.05, 0) is 0 Å². The van der Waals surface area contributed by atoms with Gasteiger partial charge in [0.25, 0.3) is 0 Å². The van der Waals surface area contributed by atoms with Gasteiger partial charge in [-0.25, -0.2) is 0 Å². The van der Waals surface area contributed by atoms with Crippen molar-refractivity contribution in [2.45, 2.75) is 0 Å². The fourth-order valence-corrected chi connectivity index (χ4v) is 0. The zero-order valence-electron chi connectivity index (χ0n) is 5.53. The summed E-state index contributed by atoms with van der Waals surface area (Å²) in [7, 11) is 0. The van der Waals surface area contributed by atoms with Crippen LogP contribution in [-0.4, -0.2) is 0 Å². The molecule has 0 aromatic heterocycles. The fraction of sp³-hybridized carbons (Fsp3) is 0. The van der Waals surface area contributed by atoms with Crippen molar-refractivity contribution in [3.63, 3.8) is 0 Å². The van der Waals surface area contributed by atoms with E-state index in [1.54, 1.807) is 0 Å². The third-order valence-corrected chi connectivity index (χ3v) is 0. The average Bonchev–Trinajstić information content (AvgIpc) is 0.811. The molecule has 0 amide bonds. The molecule has 80 valence electrons. The molecule has 0 radical (unpaired) electrons. The number of rotatable bonds is 0. The average molecular weight is 435 g/mol. The van der Waals surface area contributed by atoms with E-state index in [0.29, 0.717) is 0 Å². The van der Waals surface area contributed by atoms with Gasteiger partial charge in [-0.3, -0.25) is 0 Å². The van der Waals surface area contributed by atoms with E-state index in [1.807, 2.05) is 0 Å². The molecule has 12 heteroatoms. The second-order valence-corrected chi connectivity index (χ2v) is 1.32. The Morgan fingerprint density at radius 2 is 0.667 bits per heavy atom. The van der Waals surface area contributed by atoms with Crippen molar-refractivity contribution in [1.29, 1.82) is 0 Å². The number of halogens is 7. The molecule has 0 saturated heterocycles. The Hall–Kier alpha value is 3.97. The van der Waals surface area contributed by atoms with E-state index in [1.165, 1.54) is 0 Å². The van der Waals surface area contributed by atoms with E-state index in [2.05, 4.69) is 0 Å². The summed E-state index contributed by atoms with van der Waals surface area (Å²) in [4.78, 5) is 0. The standard InChI is InChI=1S/7ClH.K.Nb.3O/h7*1H;;;;;/q;;;;;;;+1;;;;-1. The van der Waals surface area contributed by atoms with Crippen LogP contribution in [0.4, 0.5) is 0 Å². The Kier molecular flexibility index (Phi) is 369. The first-order valence-electron chi connectivity index (χ1n) is 0.548. The Morgan fingerprint density at radius 1 is 0.667 bits per heavy atom. The molecule has 0 atom stereocenters. The van der Waals surface area contributed by atoms with E-state index >= 15 is 0 Å². The topological polar surface area (TPSA) is 57.2 Å². The fourth-order valence-electron chi connectivity index (χ4n) is 0. The van der Waals surface area contributed by atoms with Gasteiger partial charge in [0.15, 0.2) is 0 Å². The molecule has 0 heterocycles. The van der Waals surface area contributed by atoms with Crippen LogP contribution in [0.2, 0.25) is 0 Å². The first-order valence-corrected chi connectivity index (χ1v) is 3.24. The second kappa shape index (κ2) is 60.2. The molecule has 3 nitrogen and oxygen atoms in total. The molecular formula is H7Cl7KNbO3. The van der Waals surface area contributed by atoms with Crippen molar-refractivity contribution < 1.29 is 80.3 Å². The zero-order chi connectivity index (χ0) is 3.58. The van der Waals surface area contributed by atoms with E-state index in [-0.39, 0.29) is 138 Å². The summed E-state index contributed by atoms with van der Waals surface area (Å²) in [5.74, 6) is 0. The summed E-state index contributed by atoms with van der Waals surface area (Å²) in [6.45, 7) is 0. The third kappa shape index (κ3) is 149. The quantitative estimate of drug-likeness (QED) is 0.437. The van der Waals surface area contributed by atoms with Crippen LogP contribution in [0.1, 0.15) is 0 Å². The van der Waals surface area contributed by atoms with Crippen LogP contribution >= 0.6 is 86.8 Å². The molecule has 0 N–H and O–H groups in total. The number of hydrogen-bond donors (Lipinski definition) is 0. The monoisotopic (exact) mass is 432 g/mol. The zero-order valence-corrected chi connectivity index (χ0v) is 16.6. The van der Waals surface area contributed by atoms with Crippen molar-refractivity contribution in [3.8, 4) is 0 Å². The molecule has 0 unspecified atom stereocenters. The molecule has 0 bridgehead atoms. The Balaban J connectivity index is -0.00000000161. The maximum absolute atomic E-state index is 8.60. The van der Waals surface area contributed by atoms with Gasteiger partial charge in [-0.15, -0.1) is 86.8 Å². The van der Waals surface area contributed by atoms with Gasteiger partial charge in [0.2, 0.25) is 0 Å². The van der Waals surface area contributed by atoms with Crippen molar-refractivity contribution in [2.75, 3.05) is 0 Å². The van der Waals surface area contributed by atoms with Gasteiger partial charge in [-0.2, -0.15) is 0 Å². The van der Waals surface area contributed by atoms with Crippen LogP contribution in [0, 0.1) is 0 Å². The van der Waals surface area contributed by atoms with E-state index < -0.39 is 18.8 Å². The SMILES string of the molecule is Cl.Cl.Cl.Cl.Cl.Cl.Cl.[K+].[O]=[Nb](=[O])[O-]. The first-order chi connectivity index (χ1) is 1.73. The van der Waals surface area contributed by atoms with Crippen LogP contribution in [0.3, 0.4) is 0 Å². The van der Waals surface area contributed by atoms with E-state index in [0.717, 1.165) is 0 Å². The molecule has 0 aliphatic carbocycles. The van der Waals surface area contributed by atoms with E-state index in [9.17, 15) is 0 Å². The Bertz CT molecular complexity index is 67.1. The van der Waals surface area contributed by atoms with Crippen molar-refractivity contribution in [2.24, 2.45) is 0 Å². The predicted molar refractivity (Wildman–Crippen MR) is 52.1 cm³/mol. The van der Waals surface area contributed by atoms with Gasteiger partial charge in [0.05, 0.1) is 0 Å². The molecule has 0 saturated carbocycles. The van der Waals surface area contributed by atoms with Crippen LogP contribution in [0.15, 0.2) is 0 Å². The normalized spacial score (nSPS) is 2.08. The van der Waals surface area contributed by atoms with Crippen molar-refractivity contribution >= 4 is 86.8 Å². The summed E-state index contributed by atoms with van der Waals surface area (Å²) in [6, 6.07) is 0.